The van der Waals surface area contributed by atoms with Gasteiger partial charge in [-0.25, -0.2) is 12.8 Å². The molecule has 0 bridgehead atoms. The zero-order valence-corrected chi connectivity index (χ0v) is 16.5. The average Bonchev–Trinajstić information content (AvgIpc) is 3.06. The topological polar surface area (TPSA) is 66.5 Å². The van der Waals surface area contributed by atoms with E-state index in [0.717, 1.165) is 5.39 Å². The second-order valence-corrected chi connectivity index (χ2v) is 8.89. The summed E-state index contributed by atoms with van der Waals surface area (Å²) in [6.45, 7) is 4.29. The van der Waals surface area contributed by atoms with Gasteiger partial charge in [-0.3, -0.25) is 4.79 Å². The number of carbonyl (C=O) groups is 1. The van der Waals surface area contributed by atoms with Crippen molar-refractivity contribution in [1.29, 1.82) is 0 Å². The number of anilines is 1. The number of hydrogen-bond donors (Lipinski definition) is 1. The fraction of sp³-hybridized carbons (Fsp3) is 0.211. The maximum absolute atomic E-state index is 13.3. The van der Waals surface area contributed by atoms with Crippen molar-refractivity contribution in [2.45, 2.75) is 18.7 Å². The summed E-state index contributed by atoms with van der Waals surface area (Å²) in [6, 6.07) is 12.2. The molecule has 1 N–H and O–H groups in total. The second-order valence-electron chi connectivity index (χ2n) is 5.86. The number of amides is 1. The number of rotatable bonds is 6. The van der Waals surface area contributed by atoms with E-state index in [-0.39, 0.29) is 16.6 Å². The lowest BCUT2D eigenvalue weighted by molar-refractivity contribution is 0.103. The van der Waals surface area contributed by atoms with Gasteiger partial charge in [0, 0.05) is 23.5 Å². The molecule has 0 unspecified atom stereocenters. The number of hydrogen-bond acceptors (Lipinski definition) is 4. The first-order chi connectivity index (χ1) is 12.8. The number of thiophene rings is 1. The standard InChI is InChI=1S/C19H19FN2O3S2/c1-3-22(4-2)27(24,25)16-7-5-6-15(12-16)21-19(23)18-10-13-8-9-14(20)11-17(13)26-18/h5-12H,3-4H2,1-2H3,(H,21,23). The smallest absolute Gasteiger partial charge is 0.265 e. The lowest BCUT2D eigenvalue weighted by Gasteiger charge is -2.18. The van der Waals surface area contributed by atoms with Crippen LogP contribution >= 0.6 is 11.3 Å². The summed E-state index contributed by atoms with van der Waals surface area (Å²) in [4.78, 5) is 13.1. The van der Waals surface area contributed by atoms with E-state index in [4.69, 9.17) is 0 Å². The molecule has 1 amide bonds. The fourth-order valence-corrected chi connectivity index (χ4v) is 5.24. The molecule has 2 aromatic carbocycles. The highest BCUT2D eigenvalue weighted by atomic mass is 32.2. The van der Waals surface area contributed by atoms with Gasteiger partial charge in [-0.2, -0.15) is 4.31 Å². The first kappa shape index (κ1) is 19.5. The van der Waals surface area contributed by atoms with E-state index >= 15 is 0 Å². The summed E-state index contributed by atoms with van der Waals surface area (Å²) >= 11 is 1.18. The van der Waals surface area contributed by atoms with Crippen molar-refractivity contribution in [1.82, 2.24) is 4.31 Å². The van der Waals surface area contributed by atoms with E-state index in [2.05, 4.69) is 5.32 Å². The molecule has 3 rings (SSSR count). The Balaban J connectivity index is 1.86. The molecule has 0 fully saturated rings. The van der Waals surface area contributed by atoms with E-state index in [1.807, 2.05) is 0 Å². The third-order valence-electron chi connectivity index (χ3n) is 4.14. The number of nitrogens with one attached hydrogen (secondary N) is 1. The first-order valence-corrected chi connectivity index (χ1v) is 10.7. The molecule has 0 radical (unpaired) electrons. The van der Waals surface area contributed by atoms with Gasteiger partial charge >= 0.3 is 0 Å². The molecule has 0 aliphatic heterocycles. The van der Waals surface area contributed by atoms with Crippen molar-refractivity contribution < 1.29 is 17.6 Å². The summed E-state index contributed by atoms with van der Waals surface area (Å²) in [6.07, 6.45) is 0. The largest absolute Gasteiger partial charge is 0.321 e. The molecular formula is C19H19FN2O3S2. The van der Waals surface area contributed by atoms with Gasteiger partial charge in [0.15, 0.2) is 0 Å². The van der Waals surface area contributed by atoms with Crippen molar-refractivity contribution in [3.05, 3.63) is 59.2 Å². The highest BCUT2D eigenvalue weighted by Crippen LogP contribution is 2.27. The zero-order valence-electron chi connectivity index (χ0n) is 14.9. The molecule has 1 aromatic heterocycles. The van der Waals surface area contributed by atoms with Gasteiger partial charge in [0.25, 0.3) is 5.91 Å². The molecule has 0 saturated heterocycles. The third kappa shape index (κ3) is 4.02. The number of benzene rings is 2. The van der Waals surface area contributed by atoms with Crippen molar-refractivity contribution in [3.63, 3.8) is 0 Å². The second kappa shape index (κ2) is 7.75. The highest BCUT2D eigenvalue weighted by Gasteiger charge is 2.22. The van der Waals surface area contributed by atoms with Crippen LogP contribution in [-0.2, 0) is 10.0 Å². The molecule has 5 nitrogen and oxygen atoms in total. The van der Waals surface area contributed by atoms with Crippen LogP contribution in [0.15, 0.2) is 53.4 Å². The highest BCUT2D eigenvalue weighted by molar-refractivity contribution is 7.89. The Kier molecular flexibility index (Phi) is 5.59. The molecule has 0 aliphatic carbocycles. The van der Waals surface area contributed by atoms with Crippen LogP contribution in [0.4, 0.5) is 10.1 Å². The van der Waals surface area contributed by atoms with Gasteiger partial charge in [0.2, 0.25) is 10.0 Å². The van der Waals surface area contributed by atoms with Crippen molar-refractivity contribution in [3.8, 4) is 0 Å². The molecule has 1 heterocycles. The number of halogens is 1. The summed E-state index contributed by atoms with van der Waals surface area (Å²) in [7, 11) is -3.61. The SMILES string of the molecule is CCN(CC)S(=O)(=O)c1cccc(NC(=O)c2cc3ccc(F)cc3s2)c1. The van der Waals surface area contributed by atoms with E-state index < -0.39 is 10.0 Å². The summed E-state index contributed by atoms with van der Waals surface area (Å²) in [5.41, 5.74) is 0.386. The van der Waals surface area contributed by atoms with Gasteiger partial charge in [0.05, 0.1) is 9.77 Å². The molecule has 0 spiro atoms. The molecular weight excluding hydrogens is 387 g/mol. The summed E-state index contributed by atoms with van der Waals surface area (Å²) in [5, 5.41) is 3.50. The molecule has 0 aliphatic rings. The molecule has 0 atom stereocenters. The van der Waals surface area contributed by atoms with Gasteiger partial charge < -0.3 is 5.32 Å². The fourth-order valence-electron chi connectivity index (χ4n) is 2.76. The molecule has 8 heteroatoms. The monoisotopic (exact) mass is 406 g/mol. The van der Waals surface area contributed by atoms with Crippen molar-refractivity contribution >= 4 is 43.0 Å². The van der Waals surface area contributed by atoms with Crippen LogP contribution in [-0.4, -0.2) is 31.7 Å². The Morgan fingerprint density at radius 2 is 1.85 bits per heavy atom. The Morgan fingerprint density at radius 1 is 1.11 bits per heavy atom. The Labute approximate surface area is 161 Å². The number of fused-ring (bicyclic) bond motifs is 1. The summed E-state index contributed by atoms with van der Waals surface area (Å²) < 4.78 is 40.6. The van der Waals surface area contributed by atoms with E-state index in [1.54, 1.807) is 38.1 Å². The first-order valence-electron chi connectivity index (χ1n) is 8.45. The molecule has 27 heavy (non-hydrogen) atoms. The van der Waals surface area contributed by atoms with E-state index in [9.17, 15) is 17.6 Å². The third-order valence-corrected chi connectivity index (χ3v) is 7.28. The van der Waals surface area contributed by atoms with E-state index in [1.165, 1.54) is 39.9 Å². The van der Waals surface area contributed by atoms with Crippen LogP contribution in [0.25, 0.3) is 10.1 Å². The summed E-state index contributed by atoms with van der Waals surface area (Å²) in [5.74, 6) is -0.723. The minimum Gasteiger partial charge on any atom is -0.321 e. The molecule has 0 saturated carbocycles. The van der Waals surface area contributed by atoms with Crippen LogP contribution in [0.5, 0.6) is 0 Å². The quantitative estimate of drug-likeness (QED) is 0.663. The predicted octanol–water partition coefficient (Wildman–Crippen LogP) is 4.32. The van der Waals surface area contributed by atoms with E-state index in [0.29, 0.717) is 28.4 Å². The lowest BCUT2D eigenvalue weighted by atomic mass is 10.2. The van der Waals surface area contributed by atoms with Crippen molar-refractivity contribution in [2.24, 2.45) is 0 Å². The average molecular weight is 407 g/mol. The lowest BCUT2D eigenvalue weighted by Crippen LogP contribution is -2.30. The van der Waals surface area contributed by atoms with Crippen LogP contribution in [0.3, 0.4) is 0 Å². The van der Waals surface area contributed by atoms with Gasteiger partial charge in [-0.1, -0.05) is 26.0 Å². The normalized spacial score (nSPS) is 11.9. The van der Waals surface area contributed by atoms with Crippen molar-refractivity contribution in [2.75, 3.05) is 18.4 Å². The van der Waals surface area contributed by atoms with Gasteiger partial charge in [-0.15, -0.1) is 11.3 Å². The van der Waals surface area contributed by atoms with Crippen LogP contribution < -0.4 is 5.32 Å². The molecule has 3 aromatic rings. The number of nitrogens with zero attached hydrogens (tertiary/aromatic N) is 1. The van der Waals surface area contributed by atoms with Crippen LogP contribution in [0.2, 0.25) is 0 Å². The molecule has 142 valence electrons. The Bertz CT molecular complexity index is 1090. The van der Waals surface area contributed by atoms with Gasteiger partial charge in [-0.05, 0) is 41.8 Å². The maximum atomic E-state index is 13.3. The Morgan fingerprint density at radius 3 is 2.56 bits per heavy atom. The maximum Gasteiger partial charge on any atom is 0.265 e. The number of sulfonamides is 1. The zero-order chi connectivity index (χ0) is 19.6. The van der Waals surface area contributed by atoms with Gasteiger partial charge in [0.1, 0.15) is 5.82 Å². The number of carbonyl (C=O) groups excluding carboxylic acids is 1. The predicted molar refractivity (Wildman–Crippen MR) is 106 cm³/mol. The van der Waals surface area contributed by atoms with Crippen LogP contribution in [0, 0.1) is 5.82 Å². The minimum atomic E-state index is -3.61. The Hall–Kier alpha value is -2.29. The minimum absolute atomic E-state index is 0.127. The van der Waals surface area contributed by atoms with Crippen LogP contribution in [0.1, 0.15) is 23.5 Å².